The fourth-order valence-corrected chi connectivity index (χ4v) is 2.99. The molecule has 7 nitrogen and oxygen atoms in total. The molecule has 0 spiro atoms. The van der Waals surface area contributed by atoms with E-state index in [1.165, 1.54) is 0 Å². The van der Waals surface area contributed by atoms with Gasteiger partial charge >= 0.3 is 5.97 Å². The highest BCUT2D eigenvalue weighted by Gasteiger charge is 2.12. The number of carbonyl (C=O) groups is 2. The molecule has 3 rings (SSSR count). The Morgan fingerprint density at radius 3 is 2.64 bits per heavy atom. The smallest absolute Gasteiger partial charge is 0.338 e. The number of aromatic nitrogens is 3. The Labute approximate surface area is 163 Å². The molecule has 0 aliphatic heterocycles. The van der Waals surface area contributed by atoms with E-state index in [-0.39, 0.29) is 18.6 Å². The van der Waals surface area contributed by atoms with Crippen LogP contribution in [0.2, 0.25) is 0 Å². The van der Waals surface area contributed by atoms with Gasteiger partial charge in [0.05, 0.1) is 17.6 Å². The van der Waals surface area contributed by atoms with Gasteiger partial charge in [-0.3, -0.25) is 4.79 Å². The van der Waals surface area contributed by atoms with E-state index in [2.05, 4.69) is 22.6 Å². The highest BCUT2D eigenvalue weighted by atomic mass is 16.5. The van der Waals surface area contributed by atoms with Gasteiger partial charge in [-0.25, -0.2) is 9.48 Å². The maximum atomic E-state index is 12.1. The maximum Gasteiger partial charge on any atom is 0.338 e. The van der Waals surface area contributed by atoms with E-state index in [9.17, 15) is 9.59 Å². The zero-order valence-electron chi connectivity index (χ0n) is 16.1. The molecule has 0 radical (unpaired) electrons. The van der Waals surface area contributed by atoms with Gasteiger partial charge in [-0.1, -0.05) is 42.8 Å². The second kappa shape index (κ2) is 9.12. The van der Waals surface area contributed by atoms with Crippen LogP contribution in [0.3, 0.4) is 0 Å². The van der Waals surface area contributed by atoms with Crippen molar-refractivity contribution in [3.63, 3.8) is 0 Å². The molecule has 0 saturated heterocycles. The first-order valence-electron chi connectivity index (χ1n) is 9.40. The molecule has 0 unspecified atom stereocenters. The van der Waals surface area contributed by atoms with Crippen LogP contribution in [-0.2, 0) is 16.1 Å². The lowest BCUT2D eigenvalue weighted by Crippen LogP contribution is -2.35. The predicted octanol–water partition coefficient (Wildman–Crippen LogP) is 2.94. The number of benzene rings is 2. The average molecular weight is 380 g/mol. The first-order chi connectivity index (χ1) is 13.6. The minimum atomic E-state index is -0.518. The Kier molecular flexibility index (Phi) is 6.37. The topological polar surface area (TPSA) is 86.1 Å². The van der Waals surface area contributed by atoms with Crippen molar-refractivity contribution in [1.82, 2.24) is 20.3 Å². The Hall–Kier alpha value is -3.22. The summed E-state index contributed by atoms with van der Waals surface area (Å²) < 4.78 is 6.90. The maximum absolute atomic E-state index is 12.1. The number of esters is 1. The predicted molar refractivity (Wildman–Crippen MR) is 106 cm³/mol. The van der Waals surface area contributed by atoms with Crippen LogP contribution in [0.1, 0.15) is 42.6 Å². The van der Waals surface area contributed by atoms with Gasteiger partial charge in [0.2, 0.25) is 0 Å². The standard InChI is InChI=1S/C21H24N4O3/c1-3-6-15(2)22-20(26)14-28-21(27)17-11-9-16(10-12-17)13-25-19-8-5-4-7-18(19)23-24-25/h4-5,7-12,15H,3,6,13-14H2,1-2H3,(H,22,26)/t15-/m0/s1. The van der Waals surface area contributed by atoms with Crippen LogP contribution < -0.4 is 5.32 Å². The zero-order chi connectivity index (χ0) is 19.9. The number of carbonyl (C=O) groups excluding carboxylic acids is 2. The van der Waals surface area contributed by atoms with Crippen LogP contribution in [0, 0.1) is 0 Å². The number of hydrogen-bond donors (Lipinski definition) is 1. The molecule has 146 valence electrons. The Balaban J connectivity index is 1.55. The number of nitrogens with one attached hydrogen (secondary N) is 1. The van der Waals surface area contributed by atoms with Crippen molar-refractivity contribution >= 4 is 22.9 Å². The zero-order valence-corrected chi connectivity index (χ0v) is 16.1. The molecule has 1 aromatic heterocycles. The first kappa shape index (κ1) is 19.5. The summed E-state index contributed by atoms with van der Waals surface area (Å²) >= 11 is 0. The molecule has 7 heteroatoms. The van der Waals surface area contributed by atoms with Crippen molar-refractivity contribution in [3.8, 4) is 0 Å². The molecular weight excluding hydrogens is 356 g/mol. The molecule has 0 bridgehead atoms. The van der Waals surface area contributed by atoms with Crippen molar-refractivity contribution in [2.45, 2.75) is 39.3 Å². The molecule has 3 aromatic rings. The molecule has 1 N–H and O–H groups in total. The van der Waals surface area contributed by atoms with Gasteiger partial charge in [-0.05, 0) is 43.2 Å². The van der Waals surface area contributed by atoms with Gasteiger partial charge in [0, 0.05) is 6.04 Å². The van der Waals surface area contributed by atoms with Crippen LogP contribution in [0.25, 0.3) is 11.0 Å². The minimum Gasteiger partial charge on any atom is -0.452 e. The molecule has 28 heavy (non-hydrogen) atoms. The summed E-state index contributed by atoms with van der Waals surface area (Å²) in [5.41, 5.74) is 3.18. The van der Waals surface area contributed by atoms with Gasteiger partial charge in [0.25, 0.3) is 5.91 Å². The summed E-state index contributed by atoms with van der Waals surface area (Å²) in [6.07, 6.45) is 1.88. The molecule has 0 aliphatic rings. The Morgan fingerprint density at radius 2 is 1.89 bits per heavy atom. The Morgan fingerprint density at radius 1 is 1.14 bits per heavy atom. The number of ether oxygens (including phenoxy) is 1. The van der Waals surface area contributed by atoms with Crippen molar-refractivity contribution < 1.29 is 14.3 Å². The van der Waals surface area contributed by atoms with Crippen molar-refractivity contribution in [2.24, 2.45) is 0 Å². The highest BCUT2D eigenvalue weighted by molar-refractivity contribution is 5.91. The van der Waals surface area contributed by atoms with E-state index < -0.39 is 5.97 Å². The molecule has 0 aliphatic carbocycles. The van der Waals surface area contributed by atoms with E-state index in [1.807, 2.05) is 48.0 Å². The first-order valence-corrected chi connectivity index (χ1v) is 9.40. The number of nitrogens with zero attached hydrogens (tertiary/aromatic N) is 3. The van der Waals surface area contributed by atoms with Gasteiger partial charge in [0.15, 0.2) is 6.61 Å². The highest BCUT2D eigenvalue weighted by Crippen LogP contribution is 2.13. The normalized spacial score (nSPS) is 11.9. The Bertz CT molecular complexity index is 950. The van der Waals surface area contributed by atoms with Crippen molar-refractivity contribution in [1.29, 1.82) is 0 Å². The lowest BCUT2D eigenvalue weighted by molar-refractivity contribution is -0.124. The molecular formula is C21H24N4O3. The fourth-order valence-electron chi connectivity index (χ4n) is 2.99. The fraction of sp³-hybridized carbons (Fsp3) is 0.333. The summed E-state index contributed by atoms with van der Waals surface area (Å²) in [5.74, 6) is -0.806. The lowest BCUT2D eigenvalue weighted by Gasteiger charge is -2.12. The molecule has 1 atom stereocenters. The molecule has 1 heterocycles. The molecule has 2 aromatic carbocycles. The van der Waals surface area contributed by atoms with E-state index in [1.54, 1.807) is 12.1 Å². The van der Waals surface area contributed by atoms with Gasteiger partial charge < -0.3 is 10.1 Å². The van der Waals surface area contributed by atoms with Crippen LogP contribution in [0.15, 0.2) is 48.5 Å². The van der Waals surface area contributed by atoms with E-state index in [0.717, 1.165) is 29.4 Å². The second-order valence-corrected chi connectivity index (χ2v) is 6.77. The largest absolute Gasteiger partial charge is 0.452 e. The summed E-state index contributed by atoms with van der Waals surface area (Å²) in [6, 6.07) is 14.9. The quantitative estimate of drug-likeness (QED) is 0.607. The number of amides is 1. The van der Waals surface area contributed by atoms with E-state index >= 15 is 0 Å². The lowest BCUT2D eigenvalue weighted by atomic mass is 10.1. The number of fused-ring (bicyclic) bond motifs is 1. The van der Waals surface area contributed by atoms with Crippen LogP contribution >= 0.6 is 0 Å². The van der Waals surface area contributed by atoms with Crippen LogP contribution in [0.4, 0.5) is 0 Å². The molecule has 1 amide bonds. The summed E-state index contributed by atoms with van der Waals surface area (Å²) in [5, 5.41) is 11.1. The molecule has 0 saturated carbocycles. The van der Waals surface area contributed by atoms with Gasteiger partial charge in [0.1, 0.15) is 5.52 Å². The van der Waals surface area contributed by atoms with E-state index in [4.69, 9.17) is 4.74 Å². The number of rotatable bonds is 8. The van der Waals surface area contributed by atoms with Gasteiger partial charge in [-0.2, -0.15) is 0 Å². The van der Waals surface area contributed by atoms with Crippen molar-refractivity contribution in [2.75, 3.05) is 6.61 Å². The summed E-state index contributed by atoms with van der Waals surface area (Å²) in [4.78, 5) is 23.9. The number of hydrogen-bond acceptors (Lipinski definition) is 5. The third kappa shape index (κ3) is 4.94. The number of para-hydroxylation sites is 1. The SMILES string of the molecule is CCC[C@H](C)NC(=O)COC(=O)c1ccc(Cn2nnc3ccccc32)cc1. The van der Waals surface area contributed by atoms with Crippen LogP contribution in [0.5, 0.6) is 0 Å². The van der Waals surface area contributed by atoms with Crippen LogP contribution in [-0.4, -0.2) is 39.5 Å². The van der Waals surface area contributed by atoms with Gasteiger partial charge in [-0.15, -0.1) is 5.10 Å². The summed E-state index contributed by atoms with van der Waals surface area (Å²) in [7, 11) is 0. The third-order valence-electron chi connectivity index (χ3n) is 4.41. The second-order valence-electron chi connectivity index (χ2n) is 6.77. The van der Waals surface area contributed by atoms with E-state index in [0.29, 0.717) is 12.1 Å². The monoisotopic (exact) mass is 380 g/mol. The average Bonchev–Trinajstić information content (AvgIpc) is 3.10. The molecule has 0 fully saturated rings. The van der Waals surface area contributed by atoms with Crippen molar-refractivity contribution in [3.05, 3.63) is 59.7 Å². The minimum absolute atomic E-state index is 0.0725. The summed E-state index contributed by atoms with van der Waals surface area (Å²) in [6.45, 7) is 4.26. The third-order valence-corrected chi connectivity index (χ3v) is 4.41.